The second-order valence-electron chi connectivity index (χ2n) is 3.09. The highest BCUT2D eigenvalue weighted by Crippen LogP contribution is 2.27. The zero-order valence-corrected chi connectivity index (χ0v) is 9.96. The molecule has 0 aliphatic carbocycles. The fraction of sp³-hybridized carbons (Fsp3) is 0.182. The molecule has 2 rings (SSSR count). The van der Waals surface area contributed by atoms with Gasteiger partial charge in [0.05, 0.1) is 6.61 Å². The molecular weight excluding hydrogens is 246 g/mol. The number of halogens is 1. The Labute approximate surface area is 102 Å². The van der Waals surface area contributed by atoms with E-state index in [0.29, 0.717) is 22.9 Å². The van der Waals surface area contributed by atoms with E-state index in [4.69, 9.17) is 16.3 Å². The number of benzene rings is 1. The molecule has 5 heteroatoms. The van der Waals surface area contributed by atoms with Crippen LogP contribution >= 0.6 is 22.9 Å². The second kappa shape index (κ2) is 5.30. The summed E-state index contributed by atoms with van der Waals surface area (Å²) in [6, 6.07) is 5.30. The Bertz CT molecular complexity index is 459. The summed E-state index contributed by atoms with van der Waals surface area (Å²) in [6.45, 7) is 0.262. The summed E-state index contributed by atoms with van der Waals surface area (Å²) in [4.78, 5) is 4.11. The van der Waals surface area contributed by atoms with Crippen molar-refractivity contribution < 1.29 is 9.84 Å². The third-order valence-electron chi connectivity index (χ3n) is 2.07. The van der Waals surface area contributed by atoms with Crippen LogP contribution in [0.3, 0.4) is 0 Å². The van der Waals surface area contributed by atoms with E-state index in [2.05, 4.69) is 4.98 Å². The highest BCUT2D eigenvalue weighted by molar-refractivity contribution is 7.09. The summed E-state index contributed by atoms with van der Waals surface area (Å²) in [5, 5.41) is 12.5. The zero-order valence-electron chi connectivity index (χ0n) is 8.39. The molecule has 2 aromatic rings. The van der Waals surface area contributed by atoms with Crippen molar-refractivity contribution in [3.05, 3.63) is 45.4 Å². The van der Waals surface area contributed by atoms with Crippen molar-refractivity contribution in [3.8, 4) is 5.75 Å². The van der Waals surface area contributed by atoms with Crippen molar-refractivity contribution in [2.24, 2.45) is 0 Å². The van der Waals surface area contributed by atoms with Gasteiger partial charge < -0.3 is 9.84 Å². The van der Waals surface area contributed by atoms with Crippen LogP contribution in [0.1, 0.15) is 10.6 Å². The Hall–Kier alpha value is -1.10. The molecule has 1 N–H and O–H groups in total. The predicted molar refractivity (Wildman–Crippen MR) is 63.8 cm³/mol. The Balaban J connectivity index is 2.12. The van der Waals surface area contributed by atoms with Gasteiger partial charge >= 0.3 is 0 Å². The van der Waals surface area contributed by atoms with Crippen molar-refractivity contribution >= 4 is 22.9 Å². The normalized spacial score (nSPS) is 10.4. The molecule has 0 amide bonds. The van der Waals surface area contributed by atoms with E-state index < -0.39 is 0 Å². The first-order valence-corrected chi connectivity index (χ1v) is 5.96. The molecule has 0 bridgehead atoms. The maximum Gasteiger partial charge on any atom is 0.140 e. The van der Waals surface area contributed by atoms with Gasteiger partial charge in [-0.2, -0.15) is 0 Å². The van der Waals surface area contributed by atoms with Crippen molar-refractivity contribution in [1.29, 1.82) is 0 Å². The quantitative estimate of drug-likeness (QED) is 0.914. The van der Waals surface area contributed by atoms with Crippen LogP contribution in [0, 0.1) is 0 Å². The van der Waals surface area contributed by atoms with Gasteiger partial charge in [-0.3, -0.25) is 0 Å². The molecular formula is C11H10ClNO2S. The van der Waals surface area contributed by atoms with E-state index in [1.807, 2.05) is 5.38 Å². The number of hydrogen-bond donors (Lipinski definition) is 1. The molecule has 84 valence electrons. The molecule has 0 saturated carbocycles. The average Bonchev–Trinajstić information content (AvgIpc) is 2.79. The van der Waals surface area contributed by atoms with Gasteiger partial charge in [-0.05, 0) is 12.1 Å². The minimum Gasteiger partial charge on any atom is -0.486 e. The van der Waals surface area contributed by atoms with Crippen LogP contribution in [-0.4, -0.2) is 10.1 Å². The average molecular weight is 256 g/mol. The number of rotatable bonds is 4. The number of aliphatic hydroxyl groups excluding tert-OH is 1. The van der Waals surface area contributed by atoms with E-state index in [9.17, 15) is 5.11 Å². The smallest absolute Gasteiger partial charge is 0.140 e. The van der Waals surface area contributed by atoms with E-state index in [1.165, 1.54) is 11.3 Å². The zero-order chi connectivity index (χ0) is 11.4. The number of aromatic nitrogens is 1. The minimum absolute atomic E-state index is 0.132. The van der Waals surface area contributed by atoms with E-state index in [0.717, 1.165) is 5.01 Å². The van der Waals surface area contributed by atoms with Crippen LogP contribution in [-0.2, 0) is 13.2 Å². The van der Waals surface area contributed by atoms with E-state index in [-0.39, 0.29) is 6.61 Å². The lowest BCUT2D eigenvalue weighted by atomic mass is 10.2. The van der Waals surface area contributed by atoms with Gasteiger partial charge in [-0.15, -0.1) is 11.3 Å². The number of thiazole rings is 1. The van der Waals surface area contributed by atoms with Gasteiger partial charge in [0.2, 0.25) is 0 Å². The van der Waals surface area contributed by atoms with Gasteiger partial charge in [-0.25, -0.2) is 4.98 Å². The molecule has 1 aromatic carbocycles. The largest absolute Gasteiger partial charge is 0.486 e. The molecule has 1 heterocycles. The molecule has 1 aromatic heterocycles. The first-order chi connectivity index (χ1) is 7.81. The number of ether oxygens (including phenoxy) is 1. The molecule has 0 aliphatic heterocycles. The number of aliphatic hydroxyl groups is 1. The lowest BCUT2D eigenvalue weighted by Crippen LogP contribution is -1.98. The first kappa shape index (κ1) is 11.4. The van der Waals surface area contributed by atoms with Gasteiger partial charge in [0.15, 0.2) is 0 Å². The van der Waals surface area contributed by atoms with Crippen LogP contribution in [0.25, 0.3) is 0 Å². The third kappa shape index (κ3) is 2.52. The van der Waals surface area contributed by atoms with Crippen molar-refractivity contribution in [1.82, 2.24) is 4.98 Å². The van der Waals surface area contributed by atoms with Crippen LogP contribution < -0.4 is 4.74 Å². The van der Waals surface area contributed by atoms with E-state index >= 15 is 0 Å². The van der Waals surface area contributed by atoms with Crippen LogP contribution in [0.4, 0.5) is 0 Å². The second-order valence-corrected chi connectivity index (χ2v) is 4.48. The SMILES string of the molecule is OCc1c(Cl)cccc1OCc1nccs1. The summed E-state index contributed by atoms with van der Waals surface area (Å²) < 4.78 is 5.56. The summed E-state index contributed by atoms with van der Waals surface area (Å²) >= 11 is 7.47. The van der Waals surface area contributed by atoms with E-state index in [1.54, 1.807) is 24.4 Å². The molecule has 0 atom stereocenters. The standard InChI is InChI=1S/C11H10ClNO2S/c12-9-2-1-3-10(8(9)6-14)15-7-11-13-4-5-16-11/h1-5,14H,6-7H2. The maximum atomic E-state index is 9.18. The third-order valence-corrected chi connectivity index (χ3v) is 3.18. The summed E-state index contributed by atoms with van der Waals surface area (Å²) in [5.74, 6) is 0.602. The summed E-state index contributed by atoms with van der Waals surface area (Å²) in [6.07, 6.45) is 1.73. The van der Waals surface area contributed by atoms with Crippen molar-refractivity contribution in [2.75, 3.05) is 0 Å². The molecule has 0 unspecified atom stereocenters. The highest BCUT2D eigenvalue weighted by atomic mass is 35.5. The van der Waals surface area contributed by atoms with Gasteiger partial charge in [0, 0.05) is 22.2 Å². The number of nitrogens with zero attached hydrogens (tertiary/aromatic N) is 1. The summed E-state index contributed by atoms with van der Waals surface area (Å²) in [7, 11) is 0. The van der Waals surface area contributed by atoms with Crippen molar-refractivity contribution in [2.45, 2.75) is 13.2 Å². The fourth-order valence-corrected chi connectivity index (χ4v) is 2.04. The first-order valence-electron chi connectivity index (χ1n) is 4.70. The van der Waals surface area contributed by atoms with Gasteiger partial charge in [0.1, 0.15) is 17.4 Å². The van der Waals surface area contributed by atoms with Gasteiger partial charge in [0.25, 0.3) is 0 Å². The molecule has 0 aliphatic rings. The van der Waals surface area contributed by atoms with Crippen LogP contribution in [0.5, 0.6) is 5.75 Å². The maximum absolute atomic E-state index is 9.18. The van der Waals surface area contributed by atoms with Crippen LogP contribution in [0.15, 0.2) is 29.8 Å². The highest BCUT2D eigenvalue weighted by Gasteiger charge is 2.07. The van der Waals surface area contributed by atoms with Gasteiger partial charge in [-0.1, -0.05) is 17.7 Å². The Morgan fingerprint density at radius 1 is 1.44 bits per heavy atom. The Morgan fingerprint density at radius 2 is 2.31 bits per heavy atom. The predicted octanol–water partition coefficient (Wildman–Crippen LogP) is 2.87. The lowest BCUT2D eigenvalue weighted by Gasteiger charge is -2.09. The molecule has 3 nitrogen and oxygen atoms in total. The Morgan fingerprint density at radius 3 is 3.00 bits per heavy atom. The molecule has 16 heavy (non-hydrogen) atoms. The molecule has 0 fully saturated rings. The number of hydrogen-bond acceptors (Lipinski definition) is 4. The lowest BCUT2D eigenvalue weighted by molar-refractivity contribution is 0.259. The Kier molecular flexibility index (Phi) is 3.77. The monoisotopic (exact) mass is 255 g/mol. The molecule has 0 radical (unpaired) electrons. The summed E-state index contributed by atoms with van der Waals surface area (Å²) in [5.41, 5.74) is 0.612. The fourth-order valence-electron chi connectivity index (χ4n) is 1.29. The van der Waals surface area contributed by atoms with Crippen molar-refractivity contribution in [3.63, 3.8) is 0 Å². The molecule has 0 saturated heterocycles. The molecule has 0 spiro atoms. The minimum atomic E-state index is -0.132. The topological polar surface area (TPSA) is 42.4 Å². The van der Waals surface area contributed by atoms with Crippen LogP contribution in [0.2, 0.25) is 5.02 Å².